The van der Waals surface area contributed by atoms with Crippen LogP contribution in [0, 0.1) is 0 Å². The Kier molecular flexibility index (Phi) is 2.74. The van der Waals surface area contributed by atoms with Crippen LogP contribution < -0.4 is 10.2 Å². The summed E-state index contributed by atoms with van der Waals surface area (Å²) in [6.45, 7) is 1.61. The third-order valence-corrected chi connectivity index (χ3v) is 4.13. The molecule has 2 aliphatic rings. The molecule has 0 bridgehead atoms. The Morgan fingerprint density at radius 2 is 2.30 bits per heavy atom. The first-order valence-corrected chi connectivity index (χ1v) is 7.48. The highest BCUT2D eigenvalue weighted by Crippen LogP contribution is 2.33. The minimum atomic E-state index is 0.512. The highest BCUT2D eigenvalue weighted by atomic mass is 79.9. The first kappa shape index (κ1) is 11.9. The van der Waals surface area contributed by atoms with Gasteiger partial charge >= 0.3 is 0 Å². The average molecular weight is 350 g/mol. The number of hydrogen-bond acceptors (Lipinski definition) is 8. The lowest BCUT2D eigenvalue weighted by Gasteiger charge is -2.25. The standard InChI is InChI=1S/C11H8BrN7S/c12-7-3-6-4-14-10(18-11-15-5-16-20-11)17-8(6)19-2-1-13-9(7)19/h3-5H,1-2H2,(H,14,15,16,17,18). The Hall–Kier alpha value is -1.87. The largest absolute Gasteiger partial charge is 0.308 e. The van der Waals surface area contributed by atoms with Crippen LogP contribution in [0.3, 0.4) is 0 Å². The van der Waals surface area contributed by atoms with Crippen LogP contribution in [-0.2, 0) is 0 Å². The van der Waals surface area contributed by atoms with Crippen molar-refractivity contribution < 1.29 is 0 Å². The maximum absolute atomic E-state index is 4.56. The van der Waals surface area contributed by atoms with Gasteiger partial charge in [0.1, 0.15) is 18.0 Å². The summed E-state index contributed by atoms with van der Waals surface area (Å²) in [6.07, 6.45) is 5.28. The number of hydrogen-bond donors (Lipinski definition) is 1. The van der Waals surface area contributed by atoms with Crippen molar-refractivity contribution in [2.45, 2.75) is 0 Å². The zero-order valence-corrected chi connectivity index (χ0v) is 12.5. The summed E-state index contributed by atoms with van der Waals surface area (Å²) in [5.41, 5.74) is 0.973. The molecule has 2 aromatic rings. The summed E-state index contributed by atoms with van der Waals surface area (Å²) in [6, 6.07) is 0. The van der Waals surface area contributed by atoms with Crippen molar-refractivity contribution in [3.63, 3.8) is 0 Å². The van der Waals surface area contributed by atoms with E-state index < -0.39 is 0 Å². The number of nitrogens with one attached hydrogen (secondary N) is 1. The summed E-state index contributed by atoms with van der Waals surface area (Å²) in [4.78, 5) is 19.5. The molecule has 100 valence electrons. The van der Waals surface area contributed by atoms with E-state index in [1.54, 1.807) is 6.20 Å². The molecule has 4 rings (SSSR count). The van der Waals surface area contributed by atoms with Gasteiger partial charge in [0.15, 0.2) is 0 Å². The van der Waals surface area contributed by atoms with Crippen molar-refractivity contribution in [1.29, 1.82) is 0 Å². The van der Waals surface area contributed by atoms with E-state index in [0.29, 0.717) is 11.1 Å². The van der Waals surface area contributed by atoms with Gasteiger partial charge in [-0.2, -0.15) is 9.36 Å². The van der Waals surface area contributed by atoms with Crippen molar-refractivity contribution in [3.05, 3.63) is 22.6 Å². The topological polar surface area (TPSA) is 79.2 Å². The molecule has 1 N–H and O–H groups in total. The molecular formula is C11H8BrN7S. The number of aliphatic imine (C=N–C) groups is 1. The molecule has 4 heterocycles. The molecule has 0 fully saturated rings. The average Bonchev–Trinajstić information content (AvgIpc) is 3.10. The molecule has 20 heavy (non-hydrogen) atoms. The fourth-order valence-electron chi connectivity index (χ4n) is 2.14. The molecule has 0 amide bonds. The Morgan fingerprint density at radius 1 is 1.35 bits per heavy atom. The molecule has 2 aliphatic heterocycles. The lowest BCUT2D eigenvalue weighted by atomic mass is 10.2. The lowest BCUT2D eigenvalue weighted by molar-refractivity contribution is 0.986. The summed E-state index contributed by atoms with van der Waals surface area (Å²) < 4.78 is 4.90. The number of amidine groups is 1. The Balaban J connectivity index is 1.74. The highest BCUT2D eigenvalue weighted by molar-refractivity contribution is 9.12. The van der Waals surface area contributed by atoms with Crippen LogP contribution in [0.25, 0.3) is 6.08 Å². The fourth-order valence-corrected chi connectivity index (χ4v) is 3.15. The quantitative estimate of drug-likeness (QED) is 0.893. The Bertz CT molecular complexity index is 724. The van der Waals surface area contributed by atoms with E-state index in [1.807, 2.05) is 6.08 Å². The molecule has 0 atom stereocenters. The van der Waals surface area contributed by atoms with E-state index in [0.717, 1.165) is 34.8 Å². The SMILES string of the molecule is BrC1=Cc2cnc(Nc3ncns3)nc2N2CCN=C12. The molecule has 7 nitrogen and oxygen atoms in total. The molecule has 0 aromatic carbocycles. The van der Waals surface area contributed by atoms with E-state index >= 15 is 0 Å². The minimum Gasteiger partial charge on any atom is -0.308 e. The molecule has 0 spiro atoms. The second-order valence-electron chi connectivity index (χ2n) is 4.19. The number of aromatic nitrogens is 4. The Labute approximate surface area is 126 Å². The van der Waals surface area contributed by atoms with E-state index in [9.17, 15) is 0 Å². The second kappa shape index (κ2) is 4.60. The van der Waals surface area contributed by atoms with Crippen molar-refractivity contribution in [1.82, 2.24) is 19.3 Å². The fraction of sp³-hybridized carbons (Fsp3) is 0.182. The molecular weight excluding hydrogens is 342 g/mol. The summed E-state index contributed by atoms with van der Waals surface area (Å²) in [5.74, 6) is 2.31. The van der Waals surface area contributed by atoms with Gasteiger partial charge in [0.05, 0.1) is 11.0 Å². The summed E-state index contributed by atoms with van der Waals surface area (Å²) in [5, 5.41) is 3.72. The zero-order valence-electron chi connectivity index (χ0n) is 10.1. The summed E-state index contributed by atoms with van der Waals surface area (Å²) in [7, 11) is 0. The molecule has 2 aromatic heterocycles. The van der Waals surface area contributed by atoms with Gasteiger partial charge in [-0.1, -0.05) is 0 Å². The first-order chi connectivity index (χ1) is 9.81. The number of fused-ring (bicyclic) bond motifs is 3. The van der Waals surface area contributed by atoms with Gasteiger partial charge in [-0.05, 0) is 22.0 Å². The number of anilines is 3. The number of halogens is 1. The number of nitrogens with zero attached hydrogens (tertiary/aromatic N) is 6. The van der Waals surface area contributed by atoms with E-state index in [2.05, 4.69) is 50.5 Å². The smallest absolute Gasteiger partial charge is 0.231 e. The van der Waals surface area contributed by atoms with Crippen LogP contribution in [0.4, 0.5) is 16.9 Å². The predicted molar refractivity (Wildman–Crippen MR) is 81.8 cm³/mol. The van der Waals surface area contributed by atoms with Crippen molar-refractivity contribution in [2.75, 3.05) is 23.3 Å². The van der Waals surface area contributed by atoms with Gasteiger partial charge in [0, 0.05) is 29.8 Å². The minimum absolute atomic E-state index is 0.512. The van der Waals surface area contributed by atoms with Crippen molar-refractivity contribution in [3.8, 4) is 0 Å². The molecule has 0 radical (unpaired) electrons. The lowest BCUT2D eigenvalue weighted by Crippen LogP contribution is -2.31. The van der Waals surface area contributed by atoms with Crippen LogP contribution in [0.2, 0.25) is 0 Å². The van der Waals surface area contributed by atoms with Gasteiger partial charge in [-0.3, -0.25) is 10.3 Å². The van der Waals surface area contributed by atoms with E-state index in [-0.39, 0.29) is 0 Å². The van der Waals surface area contributed by atoms with Gasteiger partial charge in [-0.25, -0.2) is 9.97 Å². The van der Waals surface area contributed by atoms with E-state index in [1.165, 1.54) is 17.9 Å². The summed E-state index contributed by atoms with van der Waals surface area (Å²) >= 11 is 4.80. The van der Waals surface area contributed by atoms with Crippen LogP contribution in [-0.4, -0.2) is 38.3 Å². The first-order valence-electron chi connectivity index (χ1n) is 5.91. The maximum Gasteiger partial charge on any atom is 0.231 e. The van der Waals surface area contributed by atoms with Crippen molar-refractivity contribution >= 4 is 56.3 Å². The number of rotatable bonds is 2. The molecule has 0 aliphatic carbocycles. The van der Waals surface area contributed by atoms with Gasteiger partial charge in [0.2, 0.25) is 11.1 Å². The van der Waals surface area contributed by atoms with Crippen LogP contribution >= 0.6 is 27.5 Å². The van der Waals surface area contributed by atoms with Gasteiger partial charge in [0.25, 0.3) is 0 Å². The third kappa shape index (κ3) is 1.90. The van der Waals surface area contributed by atoms with Crippen LogP contribution in [0.5, 0.6) is 0 Å². The highest BCUT2D eigenvalue weighted by Gasteiger charge is 2.28. The normalized spacial score (nSPS) is 16.4. The van der Waals surface area contributed by atoms with Crippen LogP contribution in [0.1, 0.15) is 5.56 Å². The molecule has 9 heteroatoms. The van der Waals surface area contributed by atoms with E-state index in [4.69, 9.17) is 0 Å². The second-order valence-corrected chi connectivity index (χ2v) is 5.83. The Morgan fingerprint density at radius 3 is 3.15 bits per heavy atom. The van der Waals surface area contributed by atoms with Crippen molar-refractivity contribution in [2.24, 2.45) is 4.99 Å². The molecule has 0 unspecified atom stereocenters. The maximum atomic E-state index is 4.56. The molecule has 0 saturated heterocycles. The third-order valence-electron chi connectivity index (χ3n) is 2.97. The van der Waals surface area contributed by atoms with Gasteiger partial charge < -0.3 is 4.90 Å². The predicted octanol–water partition coefficient (Wildman–Crippen LogP) is 2.04. The monoisotopic (exact) mass is 349 g/mol. The van der Waals surface area contributed by atoms with Crippen LogP contribution in [0.15, 0.2) is 22.0 Å². The molecule has 0 saturated carbocycles. The van der Waals surface area contributed by atoms with Gasteiger partial charge in [-0.15, -0.1) is 0 Å². The zero-order chi connectivity index (χ0) is 13.5.